The van der Waals surface area contributed by atoms with Gasteiger partial charge >= 0.3 is 0 Å². The van der Waals surface area contributed by atoms with Gasteiger partial charge in [-0.3, -0.25) is 8.42 Å². The van der Waals surface area contributed by atoms with Gasteiger partial charge in [-0.25, -0.2) is 0 Å². The summed E-state index contributed by atoms with van der Waals surface area (Å²) in [6, 6.07) is 1.17. The van der Waals surface area contributed by atoms with Crippen LogP contribution in [0.15, 0.2) is 0 Å². The molecule has 2 aliphatic heterocycles. The molecule has 40 heavy (non-hydrogen) atoms. The molecule has 2 heterocycles. The van der Waals surface area contributed by atoms with E-state index in [1.165, 1.54) is 51.4 Å². The van der Waals surface area contributed by atoms with Gasteiger partial charge in [0.15, 0.2) is 0 Å². The van der Waals surface area contributed by atoms with E-state index in [0.717, 1.165) is 50.5 Å². The summed E-state index contributed by atoms with van der Waals surface area (Å²) in [5.74, 6) is 1.61. The van der Waals surface area contributed by atoms with E-state index in [0.29, 0.717) is 12.1 Å². The maximum atomic E-state index is 11.7. The second kappa shape index (κ2) is 15.7. The second-order valence-corrected chi connectivity index (χ2v) is 18.8. The van der Waals surface area contributed by atoms with Crippen LogP contribution in [0.1, 0.15) is 120 Å². The number of hydrogen-bond donors (Lipinski definition) is 2. The van der Waals surface area contributed by atoms with Crippen molar-refractivity contribution in [2.75, 3.05) is 50.2 Å². The third-order valence-corrected chi connectivity index (χ3v) is 10.5. The Kier molecular flexibility index (Phi) is 14.3. The van der Waals surface area contributed by atoms with Gasteiger partial charge in [-0.15, -0.1) is 0 Å². The van der Waals surface area contributed by atoms with Crippen LogP contribution in [0.4, 0.5) is 0 Å². The Morgan fingerprint density at radius 2 is 0.800 bits per heavy atom. The monoisotopic (exact) mass is 602 g/mol. The van der Waals surface area contributed by atoms with Crippen LogP contribution in [-0.4, -0.2) is 103 Å². The summed E-state index contributed by atoms with van der Waals surface area (Å²) in [7, 11) is -1.43. The summed E-state index contributed by atoms with van der Waals surface area (Å²) >= 11 is 0. The van der Waals surface area contributed by atoms with E-state index in [2.05, 4.69) is 75.8 Å². The van der Waals surface area contributed by atoms with Crippen LogP contribution in [0.5, 0.6) is 0 Å². The Bertz CT molecular complexity index is 717. The number of piperidine rings is 2. The first-order chi connectivity index (χ1) is 18.4. The minimum atomic E-state index is -0.714. The summed E-state index contributed by atoms with van der Waals surface area (Å²) in [5, 5.41) is 7.68. The summed E-state index contributed by atoms with van der Waals surface area (Å²) in [5.41, 5.74) is 0.571. The van der Waals surface area contributed by atoms with Crippen molar-refractivity contribution in [2.24, 2.45) is 0 Å². The van der Waals surface area contributed by atoms with E-state index >= 15 is 0 Å². The molecule has 2 atom stereocenters. The molecule has 6 nitrogen and oxygen atoms in total. The normalized spacial score (nSPS) is 24.4. The smallest absolute Gasteiger partial charge is 0.0244 e. The van der Waals surface area contributed by atoms with Crippen LogP contribution in [-0.2, 0) is 21.6 Å². The number of unbranched alkanes of at least 4 members (excludes halogenated alkanes) is 3. The van der Waals surface area contributed by atoms with Gasteiger partial charge in [0.05, 0.1) is 0 Å². The Morgan fingerprint density at radius 3 is 1.07 bits per heavy atom. The summed E-state index contributed by atoms with van der Waals surface area (Å²) in [6.07, 6.45) is 15.4. The molecule has 0 aromatic heterocycles. The van der Waals surface area contributed by atoms with Crippen molar-refractivity contribution in [2.45, 2.75) is 154 Å². The third kappa shape index (κ3) is 14.1. The Morgan fingerprint density at radius 1 is 0.525 bits per heavy atom. The van der Waals surface area contributed by atoms with Crippen LogP contribution < -0.4 is 10.6 Å². The van der Waals surface area contributed by atoms with Gasteiger partial charge in [0.25, 0.3) is 0 Å². The van der Waals surface area contributed by atoms with Crippen molar-refractivity contribution >= 4 is 21.6 Å². The molecule has 2 N–H and O–H groups in total. The highest BCUT2D eigenvalue weighted by atomic mass is 32.2. The topological polar surface area (TPSA) is 64.7 Å². The van der Waals surface area contributed by atoms with E-state index in [1.54, 1.807) is 0 Å². The lowest BCUT2D eigenvalue weighted by Crippen LogP contribution is -2.62. The Hall–Kier alpha value is 0.140. The average molecular weight is 603 g/mol. The lowest BCUT2D eigenvalue weighted by Gasteiger charge is -2.50. The zero-order valence-corrected chi connectivity index (χ0v) is 29.6. The fourth-order valence-corrected chi connectivity index (χ4v) is 9.00. The van der Waals surface area contributed by atoms with Gasteiger partial charge in [0.2, 0.25) is 0 Å². The fraction of sp³-hybridized carbons (Fsp3) is 1.00. The predicted molar refractivity (Wildman–Crippen MR) is 177 cm³/mol. The quantitative estimate of drug-likeness (QED) is 0.220. The third-order valence-electron chi connectivity index (χ3n) is 8.76. The van der Waals surface area contributed by atoms with Crippen molar-refractivity contribution in [3.05, 3.63) is 0 Å². The maximum Gasteiger partial charge on any atom is 0.0244 e. The Labute approximate surface area is 253 Å². The van der Waals surface area contributed by atoms with Gasteiger partial charge in [-0.1, -0.05) is 12.8 Å². The lowest BCUT2D eigenvalue weighted by molar-refractivity contribution is 0.0623. The second-order valence-electron chi connectivity index (χ2n) is 15.7. The van der Waals surface area contributed by atoms with E-state index in [9.17, 15) is 8.42 Å². The molecule has 2 rings (SSSR count). The number of hydrogen-bond acceptors (Lipinski definition) is 6. The molecule has 0 amide bonds. The lowest BCUT2D eigenvalue weighted by atomic mass is 9.79. The molecule has 0 aromatic carbocycles. The molecule has 0 spiro atoms. The van der Waals surface area contributed by atoms with Gasteiger partial charge in [-0.2, -0.15) is 0 Å². The van der Waals surface area contributed by atoms with Crippen molar-refractivity contribution in [1.29, 1.82) is 0 Å². The minimum Gasteiger partial charge on any atom is -0.307 e. The summed E-state index contributed by atoms with van der Waals surface area (Å²) in [6.45, 7) is 23.2. The van der Waals surface area contributed by atoms with Crippen LogP contribution in [0, 0.1) is 0 Å². The van der Waals surface area contributed by atoms with E-state index in [1.807, 2.05) is 12.5 Å². The number of rotatable bonds is 17. The highest BCUT2D eigenvalue weighted by molar-refractivity contribution is 7.84. The first kappa shape index (κ1) is 36.3. The predicted octanol–water partition coefficient (Wildman–Crippen LogP) is 5.31. The number of nitrogens with zero attached hydrogens (tertiary/aromatic N) is 2. The van der Waals surface area contributed by atoms with Crippen molar-refractivity contribution < 1.29 is 8.42 Å². The van der Waals surface area contributed by atoms with Crippen LogP contribution in [0.25, 0.3) is 0 Å². The molecular formula is C32H66N4O2S2. The van der Waals surface area contributed by atoms with Crippen molar-refractivity contribution in [3.8, 4) is 0 Å². The summed E-state index contributed by atoms with van der Waals surface area (Å²) < 4.78 is 23.5. The molecule has 0 aliphatic carbocycles. The van der Waals surface area contributed by atoms with Gasteiger partial charge in [0, 0.05) is 79.9 Å². The van der Waals surface area contributed by atoms with E-state index in [4.69, 9.17) is 0 Å². The minimum absolute atomic E-state index is 0.143. The SMILES string of the molecule is CS(=O)CCCN(CCCCCCN(CCCS(C)=O)C1CC(C)(C)NC(C)(C)C1)C1CC(C)(C)NC(C)(C)C1. The van der Waals surface area contributed by atoms with Crippen LogP contribution in [0.2, 0.25) is 0 Å². The first-order valence-corrected chi connectivity index (χ1v) is 19.5. The summed E-state index contributed by atoms with van der Waals surface area (Å²) in [4.78, 5) is 5.46. The molecule has 0 bridgehead atoms. The zero-order valence-electron chi connectivity index (χ0n) is 28.0. The molecule has 8 heteroatoms. The van der Waals surface area contributed by atoms with Gasteiger partial charge in [-0.05, 0) is 133 Å². The van der Waals surface area contributed by atoms with Crippen molar-refractivity contribution in [3.63, 3.8) is 0 Å². The number of nitrogens with one attached hydrogen (secondary N) is 2. The molecule has 2 fully saturated rings. The first-order valence-electron chi connectivity index (χ1n) is 16.1. The van der Waals surface area contributed by atoms with E-state index < -0.39 is 21.6 Å². The van der Waals surface area contributed by atoms with Crippen molar-refractivity contribution in [1.82, 2.24) is 20.4 Å². The maximum absolute atomic E-state index is 11.7. The molecule has 0 saturated carbocycles. The van der Waals surface area contributed by atoms with Crippen LogP contribution in [0.3, 0.4) is 0 Å². The molecule has 238 valence electrons. The average Bonchev–Trinajstić information content (AvgIpc) is 2.74. The fourth-order valence-electron chi connectivity index (χ4n) is 7.93. The molecule has 2 unspecified atom stereocenters. The van der Waals surface area contributed by atoms with Gasteiger partial charge < -0.3 is 20.4 Å². The molecule has 0 radical (unpaired) electrons. The standard InChI is InChI=1S/C32H66N4O2S2/c1-29(2)23-27(24-30(3,4)33-29)35(19-15-21-39(9)37)17-13-11-12-14-18-36(20-16-22-40(10)38)28-25-31(5,6)34-32(7,8)26-28/h27-28,33-34H,11-26H2,1-10H3. The highest BCUT2D eigenvalue weighted by Crippen LogP contribution is 2.33. The van der Waals surface area contributed by atoms with Gasteiger partial charge in [0.1, 0.15) is 0 Å². The van der Waals surface area contributed by atoms with E-state index in [-0.39, 0.29) is 22.2 Å². The molecule has 0 aromatic rings. The zero-order chi connectivity index (χ0) is 30.2. The van der Waals surface area contributed by atoms with Crippen LogP contribution >= 0.6 is 0 Å². The molecular weight excluding hydrogens is 537 g/mol. The molecule has 2 aliphatic rings. The largest absolute Gasteiger partial charge is 0.307 e. The molecule has 2 saturated heterocycles. The Balaban J connectivity index is 1.90. The highest BCUT2D eigenvalue weighted by Gasteiger charge is 2.40.